The number of aliphatic hydroxyl groups is 1. The first-order chi connectivity index (χ1) is 8.47. The van der Waals surface area contributed by atoms with E-state index in [4.69, 9.17) is 5.11 Å². The smallest absolute Gasteiger partial charge is 0.333 e. The molecule has 0 spiro atoms. The maximum Gasteiger partial charge on any atom is 0.333 e. The molecule has 0 heterocycles. The van der Waals surface area contributed by atoms with Crippen LogP contribution in [0.25, 0.3) is 0 Å². The fourth-order valence-corrected chi connectivity index (χ4v) is 0.978. The van der Waals surface area contributed by atoms with Crippen molar-refractivity contribution in [1.29, 1.82) is 0 Å². The summed E-state index contributed by atoms with van der Waals surface area (Å²) in [7, 11) is 1.22. The van der Waals surface area contributed by atoms with Crippen LogP contribution in [-0.4, -0.2) is 41.6 Å². The zero-order valence-corrected chi connectivity index (χ0v) is 10.1. The molecule has 0 aromatic carbocycles. The Morgan fingerprint density at radius 1 is 1.33 bits per heavy atom. The van der Waals surface area contributed by atoms with Gasteiger partial charge in [-0.1, -0.05) is 19.2 Å². The Hall–Kier alpha value is -2.21. The summed E-state index contributed by atoms with van der Waals surface area (Å²) in [5.74, 6) is -1.99. The van der Waals surface area contributed by atoms with Gasteiger partial charge in [0.15, 0.2) is 0 Å². The first-order valence-corrected chi connectivity index (χ1v) is 4.99. The summed E-state index contributed by atoms with van der Waals surface area (Å²) in [5, 5.41) is 8.84. The highest BCUT2D eigenvalue weighted by Gasteiger charge is 2.15. The average molecular weight is 253 g/mol. The molecule has 0 saturated carbocycles. The summed E-state index contributed by atoms with van der Waals surface area (Å²) in [6.07, 6.45) is 3.43. The molecule has 0 aliphatic heterocycles. The number of aliphatic hydroxyl groups excluding tert-OH is 1. The second-order valence-corrected chi connectivity index (χ2v) is 3.15. The van der Waals surface area contributed by atoms with E-state index in [0.29, 0.717) is 4.90 Å². The fraction of sp³-hybridized carbons (Fsp3) is 0.250. The van der Waals surface area contributed by atoms with Crippen molar-refractivity contribution in [2.24, 2.45) is 0 Å². The molecule has 0 aliphatic carbocycles. The maximum absolute atomic E-state index is 11.5. The molecule has 0 atom stereocenters. The number of amides is 2. The van der Waals surface area contributed by atoms with Gasteiger partial charge in [-0.25, -0.2) is 4.79 Å². The Labute approximate surface area is 105 Å². The van der Waals surface area contributed by atoms with Gasteiger partial charge in [0, 0.05) is 5.57 Å². The van der Waals surface area contributed by atoms with E-state index < -0.39 is 24.5 Å². The van der Waals surface area contributed by atoms with Crippen molar-refractivity contribution >= 4 is 17.8 Å². The number of ether oxygens (including phenoxy) is 1. The van der Waals surface area contributed by atoms with Gasteiger partial charge in [0.1, 0.15) is 6.73 Å². The van der Waals surface area contributed by atoms with E-state index in [1.54, 1.807) is 0 Å². The summed E-state index contributed by atoms with van der Waals surface area (Å²) in [6.45, 7) is 5.91. The third-order valence-corrected chi connectivity index (χ3v) is 1.95. The van der Waals surface area contributed by atoms with Crippen LogP contribution < -0.4 is 0 Å². The molecule has 0 bridgehead atoms. The van der Waals surface area contributed by atoms with Gasteiger partial charge in [-0.3, -0.25) is 14.5 Å². The number of hydrogen-bond donors (Lipinski definition) is 1. The fourth-order valence-electron chi connectivity index (χ4n) is 0.978. The van der Waals surface area contributed by atoms with Crippen molar-refractivity contribution in [2.75, 3.05) is 13.8 Å². The molecule has 18 heavy (non-hydrogen) atoms. The van der Waals surface area contributed by atoms with Crippen LogP contribution in [-0.2, 0) is 19.1 Å². The van der Waals surface area contributed by atoms with E-state index in [2.05, 4.69) is 17.9 Å². The quantitative estimate of drug-likeness (QED) is 0.414. The van der Waals surface area contributed by atoms with Gasteiger partial charge in [-0.2, -0.15) is 0 Å². The van der Waals surface area contributed by atoms with Crippen molar-refractivity contribution in [3.8, 4) is 0 Å². The SMILES string of the molecule is C=CC(=O)N(CO)C(=O)C=CCC(=C)C(=O)OC. The Morgan fingerprint density at radius 2 is 1.94 bits per heavy atom. The van der Waals surface area contributed by atoms with Crippen LogP contribution in [0.2, 0.25) is 0 Å². The normalized spacial score (nSPS) is 9.89. The molecule has 2 amide bonds. The topological polar surface area (TPSA) is 83.9 Å². The predicted octanol–water partition coefficient (Wildman–Crippen LogP) is 0.153. The van der Waals surface area contributed by atoms with Gasteiger partial charge in [0.25, 0.3) is 11.8 Å². The summed E-state index contributed by atoms with van der Waals surface area (Å²) < 4.78 is 4.42. The maximum atomic E-state index is 11.5. The van der Waals surface area contributed by atoms with Crippen molar-refractivity contribution in [2.45, 2.75) is 6.42 Å². The predicted molar refractivity (Wildman–Crippen MR) is 64.0 cm³/mol. The van der Waals surface area contributed by atoms with Crippen LogP contribution in [0.4, 0.5) is 0 Å². The Balaban J connectivity index is 4.47. The second kappa shape index (κ2) is 7.97. The lowest BCUT2D eigenvalue weighted by atomic mass is 10.2. The van der Waals surface area contributed by atoms with Crippen LogP contribution in [0.1, 0.15) is 6.42 Å². The monoisotopic (exact) mass is 253 g/mol. The van der Waals surface area contributed by atoms with Gasteiger partial charge in [0.05, 0.1) is 7.11 Å². The van der Waals surface area contributed by atoms with Gasteiger partial charge in [-0.15, -0.1) is 0 Å². The van der Waals surface area contributed by atoms with Gasteiger partial charge in [-0.05, 0) is 18.6 Å². The number of imide groups is 1. The standard InChI is InChI=1S/C12H15NO5/c1-4-10(15)13(8-14)11(16)7-5-6-9(2)12(17)18-3/h4-5,7,14H,1-2,6,8H2,3H3. The Kier molecular flexibility index (Phi) is 6.99. The lowest BCUT2D eigenvalue weighted by Gasteiger charge is -2.13. The minimum absolute atomic E-state index is 0.111. The van der Waals surface area contributed by atoms with E-state index in [-0.39, 0.29) is 12.0 Å². The molecular formula is C12H15NO5. The van der Waals surface area contributed by atoms with E-state index in [9.17, 15) is 14.4 Å². The summed E-state index contributed by atoms with van der Waals surface area (Å²) >= 11 is 0. The molecule has 0 unspecified atom stereocenters. The van der Waals surface area contributed by atoms with Crippen LogP contribution >= 0.6 is 0 Å². The molecule has 0 fully saturated rings. The number of rotatable bonds is 6. The summed E-state index contributed by atoms with van der Waals surface area (Å²) in [4.78, 5) is 34.2. The van der Waals surface area contributed by atoms with Crippen LogP contribution in [0, 0.1) is 0 Å². The molecule has 0 aliphatic rings. The van der Waals surface area contributed by atoms with Crippen molar-refractivity contribution < 1.29 is 24.2 Å². The first kappa shape index (κ1) is 15.8. The molecule has 0 aromatic heterocycles. The lowest BCUT2D eigenvalue weighted by molar-refractivity contribution is -0.143. The summed E-state index contributed by atoms with van der Waals surface area (Å²) in [5.41, 5.74) is 0.173. The molecule has 0 rings (SSSR count). The highest BCUT2D eigenvalue weighted by molar-refractivity contribution is 6.04. The number of methoxy groups -OCH3 is 1. The van der Waals surface area contributed by atoms with Crippen molar-refractivity contribution in [3.63, 3.8) is 0 Å². The minimum Gasteiger partial charge on any atom is -0.466 e. The lowest BCUT2D eigenvalue weighted by Crippen LogP contribution is -2.35. The largest absolute Gasteiger partial charge is 0.466 e. The molecule has 0 radical (unpaired) electrons. The molecule has 0 saturated heterocycles. The second-order valence-electron chi connectivity index (χ2n) is 3.15. The van der Waals surface area contributed by atoms with Crippen LogP contribution in [0.3, 0.4) is 0 Å². The molecule has 6 nitrogen and oxygen atoms in total. The van der Waals surface area contributed by atoms with E-state index in [1.165, 1.54) is 13.2 Å². The van der Waals surface area contributed by atoms with E-state index >= 15 is 0 Å². The number of carbonyl (C=O) groups is 3. The summed E-state index contributed by atoms with van der Waals surface area (Å²) in [6, 6.07) is 0. The highest BCUT2D eigenvalue weighted by Crippen LogP contribution is 2.02. The molecule has 1 N–H and O–H groups in total. The minimum atomic E-state index is -0.744. The van der Waals surface area contributed by atoms with Crippen molar-refractivity contribution in [1.82, 2.24) is 4.90 Å². The van der Waals surface area contributed by atoms with Gasteiger partial charge in [0.2, 0.25) is 0 Å². The molecule has 6 heteroatoms. The van der Waals surface area contributed by atoms with Gasteiger partial charge < -0.3 is 9.84 Å². The van der Waals surface area contributed by atoms with Gasteiger partial charge >= 0.3 is 5.97 Å². The number of hydrogen-bond acceptors (Lipinski definition) is 5. The highest BCUT2D eigenvalue weighted by atomic mass is 16.5. The van der Waals surface area contributed by atoms with E-state index in [1.807, 2.05) is 0 Å². The van der Waals surface area contributed by atoms with E-state index in [0.717, 1.165) is 12.2 Å². The molecule has 98 valence electrons. The zero-order chi connectivity index (χ0) is 14.1. The number of nitrogens with zero attached hydrogens (tertiary/aromatic N) is 1. The Bertz CT molecular complexity index is 397. The van der Waals surface area contributed by atoms with Crippen LogP contribution in [0.15, 0.2) is 37.0 Å². The Morgan fingerprint density at radius 3 is 2.39 bits per heavy atom. The van der Waals surface area contributed by atoms with Crippen LogP contribution in [0.5, 0.6) is 0 Å². The number of esters is 1. The number of allylic oxidation sites excluding steroid dienone is 1. The third kappa shape index (κ3) is 4.75. The number of carbonyl (C=O) groups excluding carboxylic acids is 3. The average Bonchev–Trinajstić information content (AvgIpc) is 2.37. The zero-order valence-electron chi connectivity index (χ0n) is 10.1. The first-order valence-electron chi connectivity index (χ1n) is 4.99. The third-order valence-electron chi connectivity index (χ3n) is 1.95. The molecule has 0 aromatic rings. The molecular weight excluding hydrogens is 238 g/mol. The van der Waals surface area contributed by atoms with Crippen molar-refractivity contribution in [3.05, 3.63) is 37.0 Å².